The number of thiophene rings is 1. The molecule has 134 valence electrons. The first-order valence-corrected chi connectivity index (χ1v) is 9.73. The molecule has 0 spiro atoms. The number of hydrogen-bond acceptors (Lipinski definition) is 5. The molecule has 1 saturated heterocycles. The van der Waals surface area contributed by atoms with E-state index in [2.05, 4.69) is 39.5 Å². The fraction of sp³-hybridized carbons (Fsp3) is 0.556. The van der Waals surface area contributed by atoms with Crippen LogP contribution in [-0.2, 0) is 4.74 Å². The first-order valence-electron chi connectivity index (χ1n) is 8.92. The van der Waals surface area contributed by atoms with Gasteiger partial charge in [0.05, 0.1) is 36.7 Å². The van der Waals surface area contributed by atoms with Gasteiger partial charge in [-0.3, -0.25) is 14.8 Å². The van der Waals surface area contributed by atoms with Crippen LogP contribution in [0.2, 0.25) is 0 Å². The number of nitrogens with zero attached hydrogens (tertiary/aromatic N) is 2. The van der Waals surface area contributed by atoms with Crippen molar-refractivity contribution in [1.82, 2.24) is 20.4 Å². The number of hydrogen-bond donors (Lipinski definition) is 2. The molecule has 2 aliphatic rings. The number of carbonyl (C=O) groups is 1. The summed E-state index contributed by atoms with van der Waals surface area (Å²) in [5.41, 5.74) is 1.69. The molecule has 1 aliphatic carbocycles. The van der Waals surface area contributed by atoms with Gasteiger partial charge in [0.2, 0.25) is 0 Å². The van der Waals surface area contributed by atoms with Crippen molar-refractivity contribution in [3.8, 4) is 0 Å². The van der Waals surface area contributed by atoms with Gasteiger partial charge in [0.25, 0.3) is 5.91 Å². The van der Waals surface area contributed by atoms with Crippen LogP contribution < -0.4 is 5.32 Å². The molecule has 7 heteroatoms. The number of H-pyrrole nitrogens is 1. The highest BCUT2D eigenvalue weighted by atomic mass is 32.1. The summed E-state index contributed by atoms with van der Waals surface area (Å²) in [4.78, 5) is 17.7. The lowest BCUT2D eigenvalue weighted by atomic mass is 10.1. The van der Waals surface area contributed by atoms with Gasteiger partial charge in [-0.05, 0) is 31.9 Å². The zero-order valence-corrected chi connectivity index (χ0v) is 15.3. The third kappa shape index (κ3) is 3.78. The van der Waals surface area contributed by atoms with E-state index in [1.54, 1.807) is 17.5 Å². The Kier molecular flexibility index (Phi) is 4.87. The summed E-state index contributed by atoms with van der Waals surface area (Å²) in [6, 6.07) is 4.53. The van der Waals surface area contributed by atoms with Gasteiger partial charge in [-0.15, -0.1) is 11.3 Å². The lowest BCUT2D eigenvalue weighted by molar-refractivity contribution is 0.0169. The van der Waals surface area contributed by atoms with Crippen LogP contribution in [0.3, 0.4) is 0 Å². The van der Waals surface area contributed by atoms with E-state index in [1.807, 2.05) is 0 Å². The van der Waals surface area contributed by atoms with Crippen LogP contribution in [-0.4, -0.2) is 53.9 Å². The Bertz CT molecular complexity index is 731. The Morgan fingerprint density at radius 1 is 1.44 bits per heavy atom. The highest BCUT2D eigenvalue weighted by Crippen LogP contribution is 2.40. The van der Waals surface area contributed by atoms with Gasteiger partial charge in [-0.1, -0.05) is 0 Å². The van der Waals surface area contributed by atoms with Gasteiger partial charge in [0, 0.05) is 35.3 Å². The molecule has 1 amide bonds. The smallest absolute Gasteiger partial charge is 0.254 e. The first-order chi connectivity index (χ1) is 12.2. The quantitative estimate of drug-likeness (QED) is 0.830. The van der Waals surface area contributed by atoms with Gasteiger partial charge in [-0.2, -0.15) is 5.10 Å². The van der Waals surface area contributed by atoms with Gasteiger partial charge >= 0.3 is 0 Å². The van der Waals surface area contributed by atoms with Gasteiger partial charge < -0.3 is 10.1 Å². The van der Waals surface area contributed by atoms with Crippen molar-refractivity contribution in [3.63, 3.8) is 0 Å². The summed E-state index contributed by atoms with van der Waals surface area (Å²) in [7, 11) is 0. The molecule has 0 aromatic carbocycles. The maximum absolute atomic E-state index is 12.7. The molecule has 2 aromatic heterocycles. The number of aromatic nitrogens is 2. The molecule has 1 unspecified atom stereocenters. The Hall–Kier alpha value is -1.70. The fourth-order valence-corrected chi connectivity index (χ4v) is 4.39. The second kappa shape index (κ2) is 7.27. The highest BCUT2D eigenvalue weighted by molar-refractivity contribution is 7.12. The molecule has 0 bridgehead atoms. The first kappa shape index (κ1) is 16.8. The number of rotatable bonds is 6. The molecule has 2 fully saturated rings. The molecule has 1 atom stereocenters. The van der Waals surface area contributed by atoms with Crippen LogP contribution in [0, 0.1) is 6.92 Å². The van der Waals surface area contributed by atoms with Crippen molar-refractivity contribution in [3.05, 3.63) is 39.3 Å². The van der Waals surface area contributed by atoms with Crippen molar-refractivity contribution in [1.29, 1.82) is 0 Å². The van der Waals surface area contributed by atoms with E-state index in [0.717, 1.165) is 44.8 Å². The molecule has 25 heavy (non-hydrogen) atoms. The predicted molar refractivity (Wildman–Crippen MR) is 97.1 cm³/mol. The predicted octanol–water partition coefficient (Wildman–Crippen LogP) is 2.46. The summed E-state index contributed by atoms with van der Waals surface area (Å²) in [6.45, 7) is 6.03. The number of morpholine rings is 1. The normalized spacial score (nSPS) is 19.7. The molecule has 1 aliphatic heterocycles. The minimum atomic E-state index is -0.0258. The monoisotopic (exact) mass is 360 g/mol. The Morgan fingerprint density at radius 2 is 2.24 bits per heavy atom. The van der Waals surface area contributed by atoms with Gasteiger partial charge in [-0.25, -0.2) is 0 Å². The molecule has 1 saturated carbocycles. The average molecular weight is 360 g/mol. The number of aromatic amines is 1. The van der Waals surface area contributed by atoms with Crippen LogP contribution in [0.4, 0.5) is 0 Å². The standard InChI is InChI=1S/C18H24N4O2S/c1-12-2-5-16(25-12)15(22-6-8-24-9-7-22)11-19-18(23)14-10-20-21-17(14)13-3-4-13/h2,5,10,13,15H,3-4,6-9,11H2,1H3,(H,19,23)(H,20,21). The highest BCUT2D eigenvalue weighted by Gasteiger charge is 2.30. The van der Waals surface area contributed by atoms with Crippen molar-refractivity contribution in [2.24, 2.45) is 0 Å². The third-order valence-electron chi connectivity index (χ3n) is 4.93. The Morgan fingerprint density at radius 3 is 2.92 bits per heavy atom. The Balaban J connectivity index is 1.46. The molecule has 3 heterocycles. The summed E-state index contributed by atoms with van der Waals surface area (Å²) < 4.78 is 5.49. The van der Waals surface area contributed by atoms with E-state index >= 15 is 0 Å². The molecule has 4 rings (SSSR count). The SMILES string of the molecule is Cc1ccc(C(CNC(=O)c2cn[nH]c2C2CC2)N2CCOCC2)s1. The van der Waals surface area contributed by atoms with Gasteiger partial charge in [0.15, 0.2) is 0 Å². The molecular formula is C18H24N4O2S. The minimum absolute atomic E-state index is 0.0258. The molecular weight excluding hydrogens is 336 g/mol. The summed E-state index contributed by atoms with van der Waals surface area (Å²) in [5, 5.41) is 10.2. The fourth-order valence-electron chi connectivity index (χ4n) is 3.38. The summed E-state index contributed by atoms with van der Waals surface area (Å²) >= 11 is 1.80. The minimum Gasteiger partial charge on any atom is -0.379 e. The molecule has 2 N–H and O–H groups in total. The van der Waals surface area contributed by atoms with E-state index in [1.165, 1.54) is 9.75 Å². The third-order valence-corrected chi connectivity index (χ3v) is 6.03. The zero-order valence-electron chi connectivity index (χ0n) is 14.5. The van der Waals surface area contributed by atoms with Crippen LogP contribution in [0.5, 0.6) is 0 Å². The number of nitrogens with one attached hydrogen (secondary N) is 2. The largest absolute Gasteiger partial charge is 0.379 e. The zero-order chi connectivity index (χ0) is 17.2. The molecule has 0 radical (unpaired) electrons. The number of carbonyl (C=O) groups excluding carboxylic acids is 1. The summed E-state index contributed by atoms with van der Waals surface area (Å²) in [6.07, 6.45) is 3.95. The molecule has 6 nitrogen and oxygen atoms in total. The topological polar surface area (TPSA) is 70.2 Å². The van der Waals surface area contributed by atoms with E-state index in [9.17, 15) is 4.79 Å². The Labute approximate surface area is 151 Å². The number of ether oxygens (including phenoxy) is 1. The van der Waals surface area contributed by atoms with Crippen molar-refractivity contribution < 1.29 is 9.53 Å². The number of amides is 1. The van der Waals surface area contributed by atoms with Crippen LogP contribution >= 0.6 is 11.3 Å². The van der Waals surface area contributed by atoms with E-state index in [0.29, 0.717) is 18.0 Å². The lowest BCUT2D eigenvalue weighted by Gasteiger charge is -2.34. The van der Waals surface area contributed by atoms with Crippen molar-refractivity contribution in [2.45, 2.75) is 31.7 Å². The second-order valence-electron chi connectivity index (χ2n) is 6.79. The maximum Gasteiger partial charge on any atom is 0.254 e. The van der Waals surface area contributed by atoms with Crippen LogP contribution in [0.1, 0.15) is 50.6 Å². The number of aryl methyl sites for hydroxylation is 1. The maximum atomic E-state index is 12.7. The van der Waals surface area contributed by atoms with Gasteiger partial charge in [0.1, 0.15) is 0 Å². The second-order valence-corrected chi connectivity index (χ2v) is 8.11. The van der Waals surface area contributed by atoms with Crippen LogP contribution in [0.25, 0.3) is 0 Å². The van der Waals surface area contributed by atoms with Crippen molar-refractivity contribution >= 4 is 17.2 Å². The summed E-state index contributed by atoms with van der Waals surface area (Å²) in [5.74, 6) is 0.459. The molecule has 2 aromatic rings. The van der Waals surface area contributed by atoms with Crippen molar-refractivity contribution in [2.75, 3.05) is 32.8 Å². The van der Waals surface area contributed by atoms with E-state index in [-0.39, 0.29) is 11.9 Å². The van der Waals surface area contributed by atoms with Crippen LogP contribution in [0.15, 0.2) is 18.3 Å². The van der Waals surface area contributed by atoms with E-state index in [4.69, 9.17) is 4.74 Å². The average Bonchev–Trinajstić information content (AvgIpc) is 3.19. The van der Waals surface area contributed by atoms with E-state index < -0.39 is 0 Å². The lowest BCUT2D eigenvalue weighted by Crippen LogP contribution is -2.43.